The summed E-state index contributed by atoms with van der Waals surface area (Å²) in [7, 11) is 0. The molecule has 0 bridgehead atoms. The molecular weight excluding hydrogens is 292 g/mol. The molecule has 1 aromatic carbocycles. The van der Waals surface area contributed by atoms with Gasteiger partial charge >= 0.3 is 0 Å². The molecule has 138 valence electrons. The number of unbranched alkanes of at least 4 members (excludes halogenated alkanes) is 5. The van der Waals surface area contributed by atoms with Gasteiger partial charge in [-0.25, -0.2) is 0 Å². The topological polar surface area (TPSA) is 20.2 Å². The van der Waals surface area contributed by atoms with E-state index in [1.807, 2.05) is 0 Å². The largest absolute Gasteiger partial charge is 0.507 e. The summed E-state index contributed by atoms with van der Waals surface area (Å²) < 4.78 is 0. The number of hydrogen-bond donors (Lipinski definition) is 1. The molecule has 1 N–H and O–H groups in total. The smallest absolute Gasteiger partial charge is 0.122 e. The molecule has 0 aliphatic heterocycles. The van der Waals surface area contributed by atoms with E-state index in [0.29, 0.717) is 5.75 Å². The van der Waals surface area contributed by atoms with Crippen molar-refractivity contribution in [2.75, 3.05) is 0 Å². The van der Waals surface area contributed by atoms with Crippen LogP contribution >= 0.6 is 0 Å². The number of phenols is 1. The van der Waals surface area contributed by atoms with Crippen LogP contribution in [0.1, 0.15) is 107 Å². The Morgan fingerprint density at radius 3 is 1.75 bits per heavy atom. The third-order valence-electron chi connectivity index (χ3n) is 5.35. The second kappa shape index (κ2) is 11.6. The molecular formula is C23H40O. The van der Waals surface area contributed by atoms with Crippen molar-refractivity contribution in [3.8, 4) is 5.75 Å². The lowest BCUT2D eigenvalue weighted by Crippen LogP contribution is -2.08. The Morgan fingerprint density at radius 1 is 0.583 bits per heavy atom. The van der Waals surface area contributed by atoms with Gasteiger partial charge in [-0.05, 0) is 73.3 Å². The zero-order valence-corrected chi connectivity index (χ0v) is 16.9. The van der Waals surface area contributed by atoms with Crippen LogP contribution in [-0.4, -0.2) is 5.11 Å². The van der Waals surface area contributed by atoms with Crippen LogP contribution in [0.4, 0.5) is 0 Å². The summed E-state index contributed by atoms with van der Waals surface area (Å²) in [5, 5.41) is 10.9. The van der Waals surface area contributed by atoms with Crippen molar-refractivity contribution in [1.82, 2.24) is 0 Å². The summed E-state index contributed by atoms with van der Waals surface area (Å²) in [6.45, 7) is 11.2. The maximum Gasteiger partial charge on any atom is 0.122 e. The normalized spacial score (nSPS) is 11.2. The van der Waals surface area contributed by atoms with Crippen molar-refractivity contribution >= 4 is 0 Å². The van der Waals surface area contributed by atoms with Crippen molar-refractivity contribution < 1.29 is 5.11 Å². The molecule has 1 nitrogen and oxygen atoms in total. The first kappa shape index (κ1) is 21.1. The highest BCUT2D eigenvalue weighted by molar-refractivity contribution is 5.55. The first-order chi connectivity index (χ1) is 11.6. The molecule has 0 radical (unpaired) electrons. The maximum atomic E-state index is 10.9. The third kappa shape index (κ3) is 5.53. The van der Waals surface area contributed by atoms with Gasteiger partial charge in [-0.2, -0.15) is 0 Å². The van der Waals surface area contributed by atoms with E-state index in [4.69, 9.17) is 0 Å². The Morgan fingerprint density at radius 2 is 1.17 bits per heavy atom. The van der Waals surface area contributed by atoms with Crippen LogP contribution in [-0.2, 0) is 25.7 Å². The van der Waals surface area contributed by atoms with Crippen molar-refractivity contribution in [2.45, 2.75) is 112 Å². The molecule has 24 heavy (non-hydrogen) atoms. The Labute approximate surface area is 150 Å². The molecule has 0 fully saturated rings. The predicted octanol–water partition coefficient (Wildman–Crippen LogP) is 7.07. The molecule has 0 aromatic heterocycles. The molecule has 0 amide bonds. The summed E-state index contributed by atoms with van der Waals surface area (Å²) in [5.74, 6) is 0.605. The van der Waals surface area contributed by atoms with Crippen molar-refractivity contribution in [2.24, 2.45) is 0 Å². The van der Waals surface area contributed by atoms with Crippen molar-refractivity contribution in [3.05, 3.63) is 27.8 Å². The molecule has 0 saturated carbocycles. The van der Waals surface area contributed by atoms with Gasteiger partial charge in [0, 0.05) is 0 Å². The van der Waals surface area contributed by atoms with Gasteiger partial charge in [-0.15, -0.1) is 0 Å². The molecule has 1 aromatic rings. The average Bonchev–Trinajstić information content (AvgIpc) is 2.58. The van der Waals surface area contributed by atoms with Crippen LogP contribution in [0.15, 0.2) is 0 Å². The van der Waals surface area contributed by atoms with Gasteiger partial charge in [0.1, 0.15) is 5.75 Å². The fourth-order valence-electron chi connectivity index (χ4n) is 3.96. The third-order valence-corrected chi connectivity index (χ3v) is 5.35. The second-order valence-corrected chi connectivity index (χ2v) is 7.26. The standard InChI is InChI=1S/C23H40O/c1-6-10-12-13-14-17-22-21(16-11-7-2)20(15-8-3)19(9-4)18(5)23(22)24/h24H,6-17H2,1-5H3. The van der Waals surface area contributed by atoms with Gasteiger partial charge in [0.25, 0.3) is 0 Å². The Hall–Kier alpha value is -0.980. The predicted molar refractivity (Wildman–Crippen MR) is 107 cm³/mol. The molecule has 1 rings (SSSR count). The molecule has 0 aliphatic rings. The van der Waals surface area contributed by atoms with E-state index in [9.17, 15) is 5.11 Å². The van der Waals surface area contributed by atoms with E-state index in [2.05, 4.69) is 34.6 Å². The second-order valence-electron chi connectivity index (χ2n) is 7.26. The highest BCUT2D eigenvalue weighted by atomic mass is 16.3. The van der Waals surface area contributed by atoms with Crippen LogP contribution < -0.4 is 0 Å². The minimum Gasteiger partial charge on any atom is -0.507 e. The SMILES string of the molecule is CCCCCCCc1c(O)c(C)c(CC)c(CCC)c1CCCC. The van der Waals surface area contributed by atoms with E-state index in [0.717, 1.165) is 31.2 Å². The quantitative estimate of drug-likeness (QED) is 0.406. The molecule has 0 heterocycles. The van der Waals surface area contributed by atoms with Crippen molar-refractivity contribution in [3.63, 3.8) is 0 Å². The number of phenolic OH excluding ortho intramolecular Hbond substituents is 1. The minimum absolute atomic E-state index is 0.605. The van der Waals surface area contributed by atoms with E-state index >= 15 is 0 Å². The fraction of sp³-hybridized carbons (Fsp3) is 0.739. The summed E-state index contributed by atoms with van der Waals surface area (Å²) >= 11 is 0. The van der Waals surface area contributed by atoms with E-state index < -0.39 is 0 Å². The summed E-state index contributed by atoms with van der Waals surface area (Å²) in [6, 6.07) is 0. The lowest BCUT2D eigenvalue weighted by molar-refractivity contribution is 0.458. The van der Waals surface area contributed by atoms with Gasteiger partial charge in [-0.1, -0.05) is 66.2 Å². The van der Waals surface area contributed by atoms with E-state index in [-0.39, 0.29) is 0 Å². The highest BCUT2D eigenvalue weighted by Crippen LogP contribution is 2.36. The zero-order valence-electron chi connectivity index (χ0n) is 16.9. The summed E-state index contributed by atoms with van der Waals surface area (Å²) in [6.07, 6.45) is 14.5. The van der Waals surface area contributed by atoms with Crippen LogP contribution in [0, 0.1) is 6.92 Å². The summed E-state index contributed by atoms with van der Waals surface area (Å²) in [4.78, 5) is 0. The van der Waals surface area contributed by atoms with Gasteiger partial charge in [0.15, 0.2) is 0 Å². The molecule has 0 aliphatic carbocycles. The first-order valence-corrected chi connectivity index (χ1v) is 10.5. The van der Waals surface area contributed by atoms with Crippen molar-refractivity contribution in [1.29, 1.82) is 0 Å². The number of aromatic hydroxyl groups is 1. The zero-order chi connectivity index (χ0) is 17.9. The molecule has 0 atom stereocenters. The maximum absolute atomic E-state index is 10.9. The summed E-state index contributed by atoms with van der Waals surface area (Å²) in [5.41, 5.74) is 6.89. The lowest BCUT2D eigenvalue weighted by Gasteiger charge is -2.23. The van der Waals surface area contributed by atoms with Gasteiger partial charge in [0.05, 0.1) is 0 Å². The van der Waals surface area contributed by atoms with Gasteiger partial charge < -0.3 is 5.11 Å². The Balaban J connectivity index is 3.16. The van der Waals surface area contributed by atoms with Crippen LogP contribution in [0.25, 0.3) is 0 Å². The number of benzene rings is 1. The van der Waals surface area contributed by atoms with Crippen LogP contribution in [0.3, 0.4) is 0 Å². The van der Waals surface area contributed by atoms with E-state index in [1.165, 1.54) is 68.1 Å². The Kier molecular flexibility index (Phi) is 10.1. The molecule has 1 heteroatoms. The first-order valence-electron chi connectivity index (χ1n) is 10.5. The lowest BCUT2D eigenvalue weighted by atomic mass is 9.83. The van der Waals surface area contributed by atoms with Crippen LogP contribution in [0.2, 0.25) is 0 Å². The van der Waals surface area contributed by atoms with Crippen LogP contribution in [0.5, 0.6) is 5.75 Å². The monoisotopic (exact) mass is 332 g/mol. The molecule has 0 unspecified atom stereocenters. The number of rotatable bonds is 12. The highest BCUT2D eigenvalue weighted by Gasteiger charge is 2.19. The Bertz CT molecular complexity index is 488. The van der Waals surface area contributed by atoms with Gasteiger partial charge in [-0.3, -0.25) is 0 Å². The minimum atomic E-state index is 0.605. The fourth-order valence-corrected chi connectivity index (χ4v) is 3.96. The molecule has 0 saturated heterocycles. The van der Waals surface area contributed by atoms with Gasteiger partial charge in [0.2, 0.25) is 0 Å². The number of hydrogen-bond acceptors (Lipinski definition) is 1. The van der Waals surface area contributed by atoms with E-state index in [1.54, 1.807) is 5.56 Å². The molecule has 0 spiro atoms. The average molecular weight is 333 g/mol.